The standard InChI is InChI=1S/C18H34N2O2S2.ClH/c1-17(2,3)22-16(21)15-8-6-4-5-7-11-19-12-9-18(14-20-15)10-13-23-24-18;/h15,19-20H,4-14H2,1-3H3;1H. The molecule has 0 amide bonds. The third-order valence-corrected chi connectivity index (χ3v) is 7.90. The number of ether oxygens (including phenoxy) is 1. The van der Waals surface area contributed by atoms with E-state index in [1.165, 1.54) is 37.9 Å². The Morgan fingerprint density at radius 1 is 1.12 bits per heavy atom. The number of carbonyl (C=O) groups is 1. The second-order valence-electron chi connectivity index (χ2n) is 8.01. The van der Waals surface area contributed by atoms with Crippen LogP contribution in [0.4, 0.5) is 0 Å². The fourth-order valence-electron chi connectivity index (χ4n) is 3.19. The summed E-state index contributed by atoms with van der Waals surface area (Å²) < 4.78 is 5.91. The first-order valence-corrected chi connectivity index (χ1v) is 11.7. The van der Waals surface area contributed by atoms with Crippen LogP contribution in [0.15, 0.2) is 0 Å². The normalized spacial score (nSPS) is 29.8. The topological polar surface area (TPSA) is 50.4 Å². The van der Waals surface area contributed by atoms with Crippen molar-refractivity contribution in [2.75, 3.05) is 25.4 Å². The summed E-state index contributed by atoms with van der Waals surface area (Å²) >= 11 is 0. The summed E-state index contributed by atoms with van der Waals surface area (Å²) in [5.41, 5.74) is -0.417. The van der Waals surface area contributed by atoms with E-state index in [0.29, 0.717) is 0 Å². The zero-order valence-corrected chi connectivity index (χ0v) is 18.3. The molecule has 2 unspecified atom stereocenters. The van der Waals surface area contributed by atoms with E-state index in [1.807, 2.05) is 42.4 Å². The van der Waals surface area contributed by atoms with Crippen LogP contribution in [0.5, 0.6) is 0 Å². The molecule has 7 heteroatoms. The first kappa shape index (κ1) is 23.4. The third-order valence-electron chi connectivity index (χ3n) is 4.59. The molecule has 0 saturated carbocycles. The molecule has 2 N–H and O–H groups in total. The highest BCUT2D eigenvalue weighted by atomic mass is 35.5. The van der Waals surface area contributed by atoms with E-state index in [-0.39, 0.29) is 29.2 Å². The molecule has 2 saturated heterocycles. The van der Waals surface area contributed by atoms with E-state index in [2.05, 4.69) is 10.6 Å². The number of hydrogen-bond donors (Lipinski definition) is 2. The van der Waals surface area contributed by atoms with Gasteiger partial charge in [-0.25, -0.2) is 0 Å². The Kier molecular flexibility index (Phi) is 10.6. The summed E-state index contributed by atoms with van der Waals surface area (Å²) in [6.45, 7) is 8.93. The van der Waals surface area contributed by atoms with Crippen molar-refractivity contribution in [3.8, 4) is 0 Å². The maximum absolute atomic E-state index is 12.6. The lowest BCUT2D eigenvalue weighted by Gasteiger charge is -2.31. The summed E-state index contributed by atoms with van der Waals surface area (Å²) in [5, 5.41) is 7.17. The van der Waals surface area contributed by atoms with Gasteiger partial charge in [0, 0.05) is 17.0 Å². The van der Waals surface area contributed by atoms with Crippen molar-refractivity contribution in [2.24, 2.45) is 0 Å². The lowest BCUT2D eigenvalue weighted by molar-refractivity contribution is -0.157. The van der Waals surface area contributed by atoms with Gasteiger partial charge in [-0.1, -0.05) is 40.9 Å². The zero-order chi connectivity index (χ0) is 17.5. The molecule has 0 bridgehead atoms. The minimum atomic E-state index is -0.417. The van der Waals surface area contributed by atoms with Gasteiger partial charge in [0.05, 0.1) is 0 Å². The molecular weight excluding hydrogens is 376 g/mol. The first-order chi connectivity index (χ1) is 11.4. The predicted molar refractivity (Wildman–Crippen MR) is 113 cm³/mol. The second-order valence-corrected chi connectivity index (χ2v) is 10.9. The Morgan fingerprint density at radius 2 is 1.88 bits per heavy atom. The molecule has 1 spiro atoms. The van der Waals surface area contributed by atoms with Crippen molar-refractivity contribution in [2.45, 2.75) is 82.1 Å². The Bertz CT molecular complexity index is 399. The zero-order valence-electron chi connectivity index (χ0n) is 15.9. The van der Waals surface area contributed by atoms with Crippen molar-refractivity contribution in [1.29, 1.82) is 0 Å². The largest absolute Gasteiger partial charge is 0.459 e. The Hall–Kier alpha value is 0.380. The molecule has 0 aromatic rings. The van der Waals surface area contributed by atoms with Gasteiger partial charge in [-0.15, -0.1) is 12.4 Å². The molecule has 0 aromatic carbocycles. The molecule has 2 rings (SSSR count). The highest BCUT2D eigenvalue weighted by Crippen LogP contribution is 2.48. The first-order valence-electron chi connectivity index (χ1n) is 9.38. The van der Waals surface area contributed by atoms with Gasteiger partial charge in [0.1, 0.15) is 11.6 Å². The quantitative estimate of drug-likeness (QED) is 0.499. The van der Waals surface area contributed by atoms with Crippen molar-refractivity contribution < 1.29 is 9.53 Å². The summed E-state index contributed by atoms with van der Waals surface area (Å²) in [7, 11) is 3.98. The smallest absolute Gasteiger partial charge is 0.323 e. The monoisotopic (exact) mass is 410 g/mol. The molecule has 0 aromatic heterocycles. The minimum absolute atomic E-state index is 0. The number of halogens is 1. The van der Waals surface area contributed by atoms with Gasteiger partial charge in [0.2, 0.25) is 0 Å². The van der Waals surface area contributed by atoms with Crippen LogP contribution >= 0.6 is 34.0 Å². The van der Waals surface area contributed by atoms with Crippen LogP contribution in [0.2, 0.25) is 0 Å². The Labute approximate surface area is 167 Å². The molecule has 2 aliphatic rings. The van der Waals surface area contributed by atoms with Crippen LogP contribution < -0.4 is 10.6 Å². The maximum atomic E-state index is 12.6. The van der Waals surface area contributed by atoms with E-state index in [1.54, 1.807) is 0 Å². The predicted octanol–water partition coefficient (Wildman–Crippen LogP) is 4.18. The molecule has 25 heavy (non-hydrogen) atoms. The molecule has 2 aliphatic heterocycles. The molecule has 148 valence electrons. The summed E-state index contributed by atoms with van der Waals surface area (Å²) in [6.07, 6.45) is 8.03. The van der Waals surface area contributed by atoms with Gasteiger partial charge >= 0.3 is 5.97 Å². The average molecular weight is 411 g/mol. The number of carbonyl (C=O) groups excluding carboxylic acids is 1. The van der Waals surface area contributed by atoms with E-state index in [9.17, 15) is 4.79 Å². The van der Waals surface area contributed by atoms with Crippen LogP contribution in [0.3, 0.4) is 0 Å². The molecule has 4 nitrogen and oxygen atoms in total. The third kappa shape index (κ3) is 8.74. The number of hydrogen-bond acceptors (Lipinski definition) is 6. The molecule has 2 heterocycles. The van der Waals surface area contributed by atoms with Gasteiger partial charge in [-0.05, 0) is 59.5 Å². The SMILES string of the molecule is CC(C)(C)OC(=O)C1CCCCCCNCCC2(CCSS2)CN1.Cl. The molecule has 2 fully saturated rings. The number of esters is 1. The van der Waals surface area contributed by atoms with Gasteiger partial charge < -0.3 is 15.4 Å². The Balaban J connectivity index is 0.00000312. The lowest BCUT2D eigenvalue weighted by Crippen LogP contribution is -2.47. The second kappa shape index (κ2) is 11.3. The van der Waals surface area contributed by atoms with E-state index in [0.717, 1.165) is 32.5 Å². The van der Waals surface area contributed by atoms with E-state index >= 15 is 0 Å². The highest BCUT2D eigenvalue weighted by Gasteiger charge is 2.36. The van der Waals surface area contributed by atoms with E-state index in [4.69, 9.17) is 4.74 Å². The molecular formula is C18H35ClN2O2S2. The van der Waals surface area contributed by atoms with Crippen molar-refractivity contribution in [3.63, 3.8) is 0 Å². The summed E-state index contributed by atoms with van der Waals surface area (Å²) in [4.78, 5) is 12.6. The molecule has 0 radical (unpaired) electrons. The van der Waals surface area contributed by atoms with Crippen LogP contribution in [-0.4, -0.2) is 47.7 Å². The minimum Gasteiger partial charge on any atom is -0.459 e. The fourth-order valence-corrected chi connectivity index (χ4v) is 6.56. The lowest BCUT2D eigenvalue weighted by atomic mass is 9.99. The van der Waals surface area contributed by atoms with Crippen LogP contribution in [-0.2, 0) is 9.53 Å². The fraction of sp³-hybridized carbons (Fsp3) is 0.944. The highest BCUT2D eigenvalue weighted by molar-refractivity contribution is 8.77. The number of rotatable bonds is 1. The Morgan fingerprint density at radius 3 is 2.56 bits per heavy atom. The number of nitrogens with one attached hydrogen (secondary N) is 2. The van der Waals surface area contributed by atoms with Gasteiger partial charge in [-0.2, -0.15) is 0 Å². The van der Waals surface area contributed by atoms with Gasteiger partial charge in [0.15, 0.2) is 0 Å². The van der Waals surface area contributed by atoms with E-state index < -0.39 is 5.60 Å². The van der Waals surface area contributed by atoms with Crippen LogP contribution in [0.25, 0.3) is 0 Å². The van der Waals surface area contributed by atoms with Crippen molar-refractivity contribution >= 4 is 40.0 Å². The van der Waals surface area contributed by atoms with Crippen molar-refractivity contribution in [3.05, 3.63) is 0 Å². The molecule has 0 aliphatic carbocycles. The maximum Gasteiger partial charge on any atom is 0.323 e. The average Bonchev–Trinajstić information content (AvgIpc) is 2.95. The van der Waals surface area contributed by atoms with Crippen molar-refractivity contribution in [1.82, 2.24) is 10.6 Å². The summed E-state index contributed by atoms with van der Waals surface area (Å²) in [6, 6.07) is -0.166. The summed E-state index contributed by atoms with van der Waals surface area (Å²) in [5.74, 6) is 1.13. The van der Waals surface area contributed by atoms with Gasteiger partial charge in [0.25, 0.3) is 0 Å². The van der Waals surface area contributed by atoms with Crippen LogP contribution in [0, 0.1) is 0 Å². The van der Waals surface area contributed by atoms with Gasteiger partial charge in [-0.3, -0.25) is 4.79 Å². The van der Waals surface area contributed by atoms with Crippen LogP contribution in [0.1, 0.15) is 65.7 Å². The molecule has 2 atom stereocenters.